The van der Waals surface area contributed by atoms with Gasteiger partial charge in [0.2, 0.25) is 10.0 Å². The number of hydrogen-bond acceptors (Lipinski definition) is 6. The molecule has 1 aromatic carbocycles. The van der Waals surface area contributed by atoms with Crippen LogP contribution in [-0.4, -0.2) is 29.0 Å². The minimum absolute atomic E-state index is 0.0732. The lowest BCUT2D eigenvalue weighted by Gasteiger charge is -2.12. The Labute approximate surface area is 112 Å². The van der Waals surface area contributed by atoms with E-state index in [4.69, 9.17) is 5.73 Å². The van der Waals surface area contributed by atoms with E-state index in [-0.39, 0.29) is 5.82 Å². The zero-order chi connectivity index (χ0) is 14.9. The predicted octanol–water partition coefficient (Wildman–Crippen LogP) is 0.0996. The summed E-state index contributed by atoms with van der Waals surface area (Å²) in [6, 6.07) is 0.697. The van der Waals surface area contributed by atoms with E-state index in [1.807, 2.05) is 0 Å². The number of sulfonamides is 1. The van der Waals surface area contributed by atoms with Gasteiger partial charge in [-0.05, 0) is 19.1 Å². The number of hydrogen-bond donors (Lipinski definition) is 3. The van der Waals surface area contributed by atoms with Crippen molar-refractivity contribution in [1.82, 2.24) is 25.3 Å². The van der Waals surface area contributed by atoms with E-state index in [0.717, 1.165) is 12.1 Å². The van der Waals surface area contributed by atoms with Crippen LogP contribution in [0.1, 0.15) is 18.8 Å². The molecule has 11 heteroatoms. The van der Waals surface area contributed by atoms with Crippen molar-refractivity contribution >= 4 is 15.7 Å². The molecule has 2 rings (SSSR count). The van der Waals surface area contributed by atoms with Crippen LogP contribution in [0.2, 0.25) is 0 Å². The summed E-state index contributed by atoms with van der Waals surface area (Å²) < 4.78 is 52.9. The van der Waals surface area contributed by atoms with Gasteiger partial charge in [-0.15, -0.1) is 10.2 Å². The molecule has 0 saturated heterocycles. The second-order valence-electron chi connectivity index (χ2n) is 3.89. The van der Waals surface area contributed by atoms with Gasteiger partial charge in [0, 0.05) is 0 Å². The van der Waals surface area contributed by atoms with Crippen LogP contribution in [0.5, 0.6) is 0 Å². The predicted molar refractivity (Wildman–Crippen MR) is 63.7 cm³/mol. The Morgan fingerprint density at radius 1 is 1.40 bits per heavy atom. The number of tetrazole rings is 1. The molecule has 1 heterocycles. The second kappa shape index (κ2) is 5.09. The van der Waals surface area contributed by atoms with Crippen LogP contribution < -0.4 is 10.5 Å². The molecular weight excluding hydrogens is 294 g/mol. The van der Waals surface area contributed by atoms with Crippen molar-refractivity contribution in [3.05, 3.63) is 29.6 Å². The number of nitrogen functional groups attached to an aromatic ring is 1. The lowest BCUT2D eigenvalue weighted by Crippen LogP contribution is -2.28. The average Bonchev–Trinajstić information content (AvgIpc) is 2.89. The van der Waals surface area contributed by atoms with Crippen LogP contribution in [0.3, 0.4) is 0 Å². The quantitative estimate of drug-likeness (QED) is 0.688. The number of benzene rings is 1. The summed E-state index contributed by atoms with van der Waals surface area (Å²) in [4.78, 5) is -0.758. The van der Waals surface area contributed by atoms with Crippen molar-refractivity contribution in [2.75, 3.05) is 5.73 Å². The molecule has 1 unspecified atom stereocenters. The molecule has 1 atom stereocenters. The fraction of sp³-hybridized carbons (Fsp3) is 0.222. The third kappa shape index (κ3) is 2.58. The lowest BCUT2D eigenvalue weighted by molar-refractivity contribution is 0.537. The molecular formula is C9H10F2N6O2S. The van der Waals surface area contributed by atoms with Crippen molar-refractivity contribution in [3.8, 4) is 0 Å². The van der Waals surface area contributed by atoms with Gasteiger partial charge >= 0.3 is 0 Å². The van der Waals surface area contributed by atoms with Gasteiger partial charge in [-0.1, -0.05) is 5.21 Å². The molecule has 0 aliphatic carbocycles. The standard InChI is InChI=1S/C9H10F2N6O2S/c1-4(9-13-16-17-14-9)15-20(18,19)6-3-2-5(10)8(12)7(6)11/h2-4,15H,12H2,1H3,(H,13,14,16,17). The summed E-state index contributed by atoms with van der Waals surface area (Å²) >= 11 is 0. The maximum Gasteiger partial charge on any atom is 0.244 e. The highest BCUT2D eigenvalue weighted by molar-refractivity contribution is 7.89. The van der Waals surface area contributed by atoms with Crippen LogP contribution in [-0.2, 0) is 10.0 Å². The van der Waals surface area contributed by atoms with Gasteiger partial charge in [0.25, 0.3) is 0 Å². The smallest absolute Gasteiger partial charge is 0.244 e. The van der Waals surface area contributed by atoms with Crippen LogP contribution in [0, 0.1) is 11.6 Å². The topological polar surface area (TPSA) is 127 Å². The Balaban J connectivity index is 2.34. The molecule has 0 bridgehead atoms. The first kappa shape index (κ1) is 14.3. The first-order chi connectivity index (χ1) is 9.33. The number of aromatic nitrogens is 4. The molecule has 0 saturated carbocycles. The first-order valence-electron chi connectivity index (χ1n) is 5.32. The van der Waals surface area contributed by atoms with Crippen LogP contribution in [0.25, 0.3) is 0 Å². The molecule has 0 spiro atoms. The molecule has 108 valence electrons. The average molecular weight is 304 g/mol. The molecule has 0 amide bonds. The molecule has 1 aromatic heterocycles. The molecule has 0 aliphatic heterocycles. The monoisotopic (exact) mass is 304 g/mol. The minimum Gasteiger partial charge on any atom is -0.394 e. The Hall–Kier alpha value is -2.14. The fourth-order valence-electron chi connectivity index (χ4n) is 1.46. The zero-order valence-corrected chi connectivity index (χ0v) is 10.9. The fourth-order valence-corrected chi connectivity index (χ4v) is 2.75. The number of aromatic amines is 1. The number of anilines is 1. The van der Waals surface area contributed by atoms with E-state index in [1.54, 1.807) is 0 Å². The largest absolute Gasteiger partial charge is 0.394 e. The number of rotatable bonds is 4. The van der Waals surface area contributed by atoms with Gasteiger partial charge in [-0.2, -0.15) is 5.21 Å². The van der Waals surface area contributed by atoms with E-state index < -0.39 is 38.3 Å². The molecule has 4 N–H and O–H groups in total. The number of H-pyrrole nitrogens is 1. The first-order valence-corrected chi connectivity index (χ1v) is 6.80. The number of nitrogens with zero attached hydrogens (tertiary/aromatic N) is 3. The van der Waals surface area contributed by atoms with Gasteiger partial charge in [-0.25, -0.2) is 21.9 Å². The van der Waals surface area contributed by atoms with Crippen LogP contribution >= 0.6 is 0 Å². The number of nitrogens with one attached hydrogen (secondary N) is 2. The third-order valence-electron chi connectivity index (χ3n) is 2.46. The van der Waals surface area contributed by atoms with Crippen molar-refractivity contribution in [2.24, 2.45) is 0 Å². The summed E-state index contributed by atoms with van der Waals surface area (Å²) in [7, 11) is -4.25. The summed E-state index contributed by atoms with van der Waals surface area (Å²) in [5, 5.41) is 12.6. The van der Waals surface area contributed by atoms with Gasteiger partial charge in [0.15, 0.2) is 11.6 Å². The number of halogens is 2. The highest BCUT2D eigenvalue weighted by Crippen LogP contribution is 2.23. The highest BCUT2D eigenvalue weighted by Gasteiger charge is 2.25. The van der Waals surface area contributed by atoms with Crippen LogP contribution in [0.4, 0.5) is 14.5 Å². The van der Waals surface area contributed by atoms with E-state index >= 15 is 0 Å². The van der Waals surface area contributed by atoms with Crippen molar-refractivity contribution in [2.45, 2.75) is 17.9 Å². The third-order valence-corrected chi connectivity index (χ3v) is 4.02. The maximum atomic E-state index is 13.7. The summed E-state index contributed by atoms with van der Waals surface area (Å²) in [5.41, 5.74) is 4.26. The molecule has 0 radical (unpaired) electrons. The molecule has 0 aliphatic rings. The molecule has 0 fully saturated rings. The van der Waals surface area contributed by atoms with Crippen molar-refractivity contribution in [3.63, 3.8) is 0 Å². The second-order valence-corrected chi connectivity index (χ2v) is 5.57. The van der Waals surface area contributed by atoms with E-state index in [9.17, 15) is 17.2 Å². The van der Waals surface area contributed by atoms with E-state index in [1.165, 1.54) is 6.92 Å². The molecule has 8 nitrogen and oxygen atoms in total. The minimum atomic E-state index is -4.25. The number of nitrogens with two attached hydrogens (primary N) is 1. The molecule has 20 heavy (non-hydrogen) atoms. The highest BCUT2D eigenvalue weighted by atomic mass is 32.2. The summed E-state index contributed by atoms with van der Waals surface area (Å²) in [6.45, 7) is 1.44. The summed E-state index contributed by atoms with van der Waals surface area (Å²) in [5.74, 6) is -2.31. The Kier molecular flexibility index (Phi) is 3.63. The Morgan fingerprint density at radius 3 is 2.70 bits per heavy atom. The SMILES string of the molecule is CC(NS(=O)(=O)c1ccc(F)c(N)c1F)c1nn[nH]n1. The Morgan fingerprint density at radius 2 is 2.10 bits per heavy atom. The Bertz CT molecular complexity index is 718. The van der Waals surface area contributed by atoms with Crippen molar-refractivity contribution in [1.29, 1.82) is 0 Å². The maximum absolute atomic E-state index is 13.7. The molecule has 2 aromatic rings. The zero-order valence-electron chi connectivity index (χ0n) is 10.1. The summed E-state index contributed by atoms with van der Waals surface area (Å²) in [6.07, 6.45) is 0. The van der Waals surface area contributed by atoms with Gasteiger partial charge in [0.1, 0.15) is 16.4 Å². The van der Waals surface area contributed by atoms with Crippen molar-refractivity contribution < 1.29 is 17.2 Å². The van der Waals surface area contributed by atoms with Gasteiger partial charge in [0.05, 0.1) is 6.04 Å². The van der Waals surface area contributed by atoms with Crippen LogP contribution in [0.15, 0.2) is 17.0 Å². The van der Waals surface area contributed by atoms with Gasteiger partial charge < -0.3 is 5.73 Å². The normalized spacial score (nSPS) is 13.3. The van der Waals surface area contributed by atoms with Gasteiger partial charge in [-0.3, -0.25) is 0 Å². The lowest BCUT2D eigenvalue weighted by atomic mass is 10.3. The van der Waals surface area contributed by atoms with E-state index in [0.29, 0.717) is 0 Å². The van der Waals surface area contributed by atoms with E-state index in [2.05, 4.69) is 25.3 Å².